The molecule has 6 heteroatoms. The third kappa shape index (κ3) is 1.23. The second-order valence-corrected chi connectivity index (χ2v) is 3.58. The van der Waals surface area contributed by atoms with Gasteiger partial charge in [0.1, 0.15) is 0 Å². The van der Waals surface area contributed by atoms with Crippen LogP contribution in [0.3, 0.4) is 0 Å². The van der Waals surface area contributed by atoms with Crippen LogP contribution in [0.1, 0.15) is 24.6 Å². The summed E-state index contributed by atoms with van der Waals surface area (Å²) in [6.07, 6.45) is 1.54. The Morgan fingerprint density at radius 3 is 2.71 bits per heavy atom. The van der Waals surface area contributed by atoms with Crippen LogP contribution in [0.2, 0.25) is 0 Å². The summed E-state index contributed by atoms with van der Waals surface area (Å²) in [5, 5.41) is 12.9. The number of nitrogens with two attached hydrogens (primary N) is 1. The number of aryl methyl sites for hydroxylation is 1. The molecule has 0 radical (unpaired) electrons. The van der Waals surface area contributed by atoms with E-state index in [4.69, 9.17) is 10.8 Å². The Hall–Kier alpha value is -1.59. The summed E-state index contributed by atoms with van der Waals surface area (Å²) in [6, 6.07) is 0. The molecule has 76 valence electrons. The van der Waals surface area contributed by atoms with E-state index in [1.165, 1.54) is 4.68 Å². The molecule has 0 amide bonds. The first-order valence-corrected chi connectivity index (χ1v) is 4.49. The lowest BCUT2D eigenvalue weighted by molar-refractivity contribution is -0.145. The zero-order valence-electron chi connectivity index (χ0n) is 7.84. The maximum absolute atomic E-state index is 10.8. The number of carboxylic acids is 1. The molecule has 2 atom stereocenters. The van der Waals surface area contributed by atoms with E-state index in [0.29, 0.717) is 18.2 Å². The van der Waals surface area contributed by atoms with Gasteiger partial charge in [0.15, 0.2) is 5.82 Å². The monoisotopic (exact) mass is 196 g/mol. The highest BCUT2D eigenvalue weighted by atomic mass is 16.4. The normalized spacial score (nSPS) is 25.8. The van der Waals surface area contributed by atoms with Crippen LogP contribution in [-0.4, -0.2) is 25.8 Å². The van der Waals surface area contributed by atoms with Gasteiger partial charge in [-0.25, -0.2) is 4.68 Å². The standard InChI is InChI=1S/C8H12N4O2/c1-12-8(9)10-6(11-12)4-2-3-5(4)7(13)14/h4-5H,2-3H2,1H3,(H,13,14)(H2,9,10,11). The molecule has 1 aliphatic carbocycles. The topological polar surface area (TPSA) is 94.0 Å². The molecule has 2 unspecified atom stereocenters. The van der Waals surface area contributed by atoms with Crippen molar-refractivity contribution in [2.45, 2.75) is 18.8 Å². The smallest absolute Gasteiger partial charge is 0.307 e. The molecule has 1 heterocycles. The molecule has 1 saturated carbocycles. The molecule has 0 bridgehead atoms. The molecule has 0 aliphatic heterocycles. The highest BCUT2D eigenvalue weighted by Crippen LogP contribution is 2.41. The van der Waals surface area contributed by atoms with Gasteiger partial charge in [-0.1, -0.05) is 0 Å². The number of rotatable bonds is 2. The third-order valence-electron chi connectivity index (χ3n) is 2.74. The second kappa shape index (κ2) is 2.97. The van der Waals surface area contributed by atoms with Gasteiger partial charge in [-0.05, 0) is 12.8 Å². The number of nitrogen functional groups attached to an aromatic ring is 1. The Morgan fingerprint density at radius 1 is 1.64 bits per heavy atom. The number of aliphatic carboxylic acids is 1. The average Bonchev–Trinajstić information content (AvgIpc) is 2.27. The third-order valence-corrected chi connectivity index (χ3v) is 2.74. The van der Waals surface area contributed by atoms with Crippen molar-refractivity contribution in [1.29, 1.82) is 0 Å². The number of carboxylic acid groups (broad SMARTS) is 1. The zero-order chi connectivity index (χ0) is 10.3. The molecular formula is C8H12N4O2. The van der Waals surface area contributed by atoms with Crippen molar-refractivity contribution in [2.24, 2.45) is 13.0 Å². The first-order valence-electron chi connectivity index (χ1n) is 4.49. The van der Waals surface area contributed by atoms with Gasteiger partial charge in [0.05, 0.1) is 5.92 Å². The quantitative estimate of drug-likeness (QED) is 0.693. The molecule has 6 nitrogen and oxygen atoms in total. The van der Waals surface area contributed by atoms with Crippen molar-refractivity contribution < 1.29 is 9.90 Å². The lowest BCUT2D eigenvalue weighted by Crippen LogP contribution is -2.31. The number of carbonyl (C=O) groups is 1. The molecule has 14 heavy (non-hydrogen) atoms. The van der Waals surface area contributed by atoms with Gasteiger partial charge in [-0.2, -0.15) is 10.1 Å². The minimum Gasteiger partial charge on any atom is -0.481 e. The molecule has 0 saturated heterocycles. The van der Waals surface area contributed by atoms with Crippen molar-refractivity contribution in [3.8, 4) is 0 Å². The van der Waals surface area contributed by atoms with E-state index in [9.17, 15) is 4.79 Å². The fourth-order valence-corrected chi connectivity index (χ4v) is 1.68. The first-order chi connectivity index (χ1) is 6.59. The molecular weight excluding hydrogens is 184 g/mol. The number of hydrogen-bond acceptors (Lipinski definition) is 4. The molecule has 1 aromatic heterocycles. The van der Waals surface area contributed by atoms with Crippen molar-refractivity contribution in [1.82, 2.24) is 14.8 Å². The van der Waals surface area contributed by atoms with E-state index >= 15 is 0 Å². The Balaban J connectivity index is 2.20. The lowest BCUT2D eigenvalue weighted by atomic mass is 9.73. The fourth-order valence-electron chi connectivity index (χ4n) is 1.68. The molecule has 1 aliphatic rings. The first kappa shape index (κ1) is 8.98. The number of hydrogen-bond donors (Lipinski definition) is 2. The van der Waals surface area contributed by atoms with Gasteiger partial charge < -0.3 is 10.8 Å². The van der Waals surface area contributed by atoms with E-state index < -0.39 is 5.97 Å². The SMILES string of the molecule is Cn1nc(C2CCC2C(=O)O)nc1N. The van der Waals surface area contributed by atoms with Gasteiger partial charge in [-0.15, -0.1) is 0 Å². The lowest BCUT2D eigenvalue weighted by Gasteiger charge is -2.30. The predicted octanol–water partition coefficient (Wildman–Crippen LogP) is -0.0245. The van der Waals surface area contributed by atoms with Crippen LogP contribution >= 0.6 is 0 Å². The zero-order valence-corrected chi connectivity index (χ0v) is 7.84. The van der Waals surface area contributed by atoms with Gasteiger partial charge in [0.25, 0.3) is 0 Å². The summed E-state index contributed by atoms with van der Waals surface area (Å²) in [6.45, 7) is 0. The van der Waals surface area contributed by atoms with E-state index in [-0.39, 0.29) is 11.8 Å². The molecule has 0 spiro atoms. The summed E-state index contributed by atoms with van der Waals surface area (Å²) in [5.74, 6) is -0.278. The largest absolute Gasteiger partial charge is 0.481 e. The fraction of sp³-hybridized carbons (Fsp3) is 0.625. The molecule has 3 N–H and O–H groups in total. The van der Waals surface area contributed by atoms with Crippen LogP contribution in [0.4, 0.5) is 5.95 Å². The Morgan fingerprint density at radius 2 is 2.36 bits per heavy atom. The van der Waals surface area contributed by atoms with Gasteiger partial charge in [-0.3, -0.25) is 4.79 Å². The maximum Gasteiger partial charge on any atom is 0.307 e. The summed E-state index contributed by atoms with van der Waals surface area (Å²) in [7, 11) is 1.69. The number of anilines is 1. The predicted molar refractivity (Wildman–Crippen MR) is 48.5 cm³/mol. The van der Waals surface area contributed by atoms with Crippen LogP contribution in [0.5, 0.6) is 0 Å². The Kier molecular flexibility index (Phi) is 1.90. The summed E-state index contributed by atoms with van der Waals surface area (Å²) >= 11 is 0. The van der Waals surface area contributed by atoms with Crippen molar-refractivity contribution in [3.63, 3.8) is 0 Å². The van der Waals surface area contributed by atoms with Gasteiger partial charge in [0, 0.05) is 13.0 Å². The van der Waals surface area contributed by atoms with Crippen LogP contribution < -0.4 is 5.73 Å². The van der Waals surface area contributed by atoms with E-state index in [1.54, 1.807) is 7.05 Å². The van der Waals surface area contributed by atoms with E-state index in [1.807, 2.05) is 0 Å². The summed E-state index contributed by atoms with van der Waals surface area (Å²) in [4.78, 5) is 14.8. The highest BCUT2D eigenvalue weighted by molar-refractivity contribution is 5.72. The number of nitrogens with zero attached hydrogens (tertiary/aromatic N) is 3. The maximum atomic E-state index is 10.8. The van der Waals surface area contributed by atoms with E-state index in [2.05, 4.69) is 10.1 Å². The molecule has 1 aromatic rings. The van der Waals surface area contributed by atoms with E-state index in [0.717, 1.165) is 6.42 Å². The van der Waals surface area contributed by atoms with Crippen LogP contribution in [-0.2, 0) is 11.8 Å². The Labute approximate surface area is 80.7 Å². The number of aromatic nitrogens is 3. The average molecular weight is 196 g/mol. The minimum absolute atomic E-state index is 0.0593. The molecule has 2 rings (SSSR count). The summed E-state index contributed by atoms with van der Waals surface area (Å²) in [5.41, 5.74) is 5.52. The molecule has 1 fully saturated rings. The van der Waals surface area contributed by atoms with Gasteiger partial charge >= 0.3 is 5.97 Å². The highest BCUT2D eigenvalue weighted by Gasteiger charge is 2.40. The summed E-state index contributed by atoms with van der Waals surface area (Å²) < 4.78 is 1.46. The van der Waals surface area contributed by atoms with Crippen LogP contribution in [0.25, 0.3) is 0 Å². The molecule has 0 aromatic carbocycles. The van der Waals surface area contributed by atoms with Crippen molar-refractivity contribution in [2.75, 3.05) is 5.73 Å². The van der Waals surface area contributed by atoms with Crippen molar-refractivity contribution in [3.05, 3.63) is 5.82 Å². The van der Waals surface area contributed by atoms with Crippen LogP contribution in [0, 0.1) is 5.92 Å². The second-order valence-electron chi connectivity index (χ2n) is 3.58. The van der Waals surface area contributed by atoms with Gasteiger partial charge in [0.2, 0.25) is 5.95 Å². The van der Waals surface area contributed by atoms with Crippen LogP contribution in [0.15, 0.2) is 0 Å². The minimum atomic E-state index is -0.771. The van der Waals surface area contributed by atoms with Crippen molar-refractivity contribution >= 4 is 11.9 Å². The Bertz CT molecular complexity index is 354.